The molecule has 0 fully saturated rings. The highest BCUT2D eigenvalue weighted by atomic mass is 32.2. The van der Waals surface area contributed by atoms with E-state index in [1.165, 1.54) is 63.8 Å². The van der Waals surface area contributed by atoms with Crippen LogP contribution in [0.5, 0.6) is 5.88 Å². The van der Waals surface area contributed by atoms with Crippen molar-refractivity contribution in [3.05, 3.63) is 84.1 Å². The third kappa shape index (κ3) is 4.90. The van der Waals surface area contributed by atoms with Gasteiger partial charge in [0.2, 0.25) is 15.9 Å². The van der Waals surface area contributed by atoms with E-state index in [0.717, 1.165) is 10.6 Å². The summed E-state index contributed by atoms with van der Waals surface area (Å²) in [5, 5.41) is 3.57. The largest absolute Gasteiger partial charge is 0.479 e. The van der Waals surface area contributed by atoms with Crippen LogP contribution in [0.25, 0.3) is 55.8 Å². The molecule has 0 saturated heterocycles. The topological polar surface area (TPSA) is 130 Å². The van der Waals surface area contributed by atoms with Crippen molar-refractivity contribution in [1.82, 2.24) is 20.3 Å². The third-order valence-electron chi connectivity index (χ3n) is 7.27. The number of para-hydroxylation sites is 1. The van der Waals surface area contributed by atoms with Crippen LogP contribution in [0, 0.1) is 11.6 Å². The fraction of sp³-hybridized carbons (Fsp3) is 0.129. The van der Waals surface area contributed by atoms with E-state index in [0.29, 0.717) is 27.6 Å². The molecule has 0 aliphatic carbocycles. The van der Waals surface area contributed by atoms with Crippen LogP contribution >= 0.6 is 0 Å². The summed E-state index contributed by atoms with van der Waals surface area (Å²) in [5.41, 5.74) is 2.50. The average molecular weight is 618 g/mol. The summed E-state index contributed by atoms with van der Waals surface area (Å²) in [7, 11) is 0.478. The number of amides is 1. The molecule has 10 nitrogen and oxygen atoms in total. The number of halogens is 2. The van der Waals surface area contributed by atoms with Gasteiger partial charge < -0.3 is 19.5 Å². The number of benzene rings is 3. The number of hydrogen-bond acceptors (Lipinski definition) is 7. The molecule has 13 heteroatoms. The lowest BCUT2D eigenvalue weighted by Gasteiger charge is -2.20. The van der Waals surface area contributed by atoms with Crippen molar-refractivity contribution in [3.8, 4) is 39.8 Å². The molecule has 0 atom stereocenters. The molecule has 0 unspecified atom stereocenters. The summed E-state index contributed by atoms with van der Waals surface area (Å²) in [6.07, 6.45) is 2.46. The van der Waals surface area contributed by atoms with Gasteiger partial charge >= 0.3 is 0 Å². The minimum Gasteiger partial charge on any atom is -0.479 e. The van der Waals surface area contributed by atoms with Crippen molar-refractivity contribution >= 4 is 43.5 Å². The zero-order valence-corrected chi connectivity index (χ0v) is 24.7. The zero-order chi connectivity index (χ0) is 31.3. The average Bonchev–Trinajstić information content (AvgIpc) is 3.62. The second kappa shape index (κ2) is 10.8. The molecule has 0 radical (unpaired) electrons. The number of furan rings is 1. The summed E-state index contributed by atoms with van der Waals surface area (Å²) in [6.45, 7) is 0. The van der Waals surface area contributed by atoms with Gasteiger partial charge in [0.15, 0.2) is 0 Å². The van der Waals surface area contributed by atoms with E-state index in [1.54, 1.807) is 24.3 Å². The van der Waals surface area contributed by atoms with E-state index in [-0.39, 0.29) is 45.4 Å². The number of nitrogens with one attached hydrogen (secondary N) is 2. The van der Waals surface area contributed by atoms with Crippen molar-refractivity contribution < 1.29 is 31.1 Å². The Morgan fingerprint density at radius 2 is 1.84 bits per heavy atom. The van der Waals surface area contributed by atoms with Crippen LogP contribution < -0.4 is 14.4 Å². The number of rotatable bonds is 7. The van der Waals surface area contributed by atoms with Gasteiger partial charge in [-0.15, -0.1) is 0 Å². The number of sulfonamides is 1. The lowest BCUT2D eigenvalue weighted by atomic mass is 10.0. The molecular weight excluding hydrogens is 592 g/mol. The van der Waals surface area contributed by atoms with E-state index in [1.807, 2.05) is 0 Å². The Morgan fingerprint density at radius 3 is 2.50 bits per heavy atom. The first kappa shape index (κ1) is 28.8. The van der Waals surface area contributed by atoms with Gasteiger partial charge in [0, 0.05) is 42.1 Å². The highest BCUT2D eigenvalue weighted by Crippen LogP contribution is 2.42. The number of aromatic amines is 1. The SMILES string of the molecule is CNC(=O)c1c(-c2ccc(F)cc2)oc2cc(N(C)S(C)(=O)=O)c(-c3cnc(OC)c(-c4cc5cccc(F)c5[nH]4)n3)cc12. The van der Waals surface area contributed by atoms with E-state index >= 15 is 0 Å². The lowest BCUT2D eigenvalue weighted by molar-refractivity contribution is 0.0964. The number of hydrogen-bond donors (Lipinski definition) is 2. The molecule has 6 aromatic rings. The maximum Gasteiger partial charge on any atom is 0.255 e. The molecule has 0 aliphatic heterocycles. The van der Waals surface area contributed by atoms with Crippen molar-refractivity contribution in [2.45, 2.75) is 0 Å². The number of H-pyrrole nitrogens is 1. The van der Waals surface area contributed by atoms with Crippen LogP contribution in [0.15, 0.2) is 71.3 Å². The number of carbonyl (C=O) groups excluding carboxylic acids is 1. The van der Waals surface area contributed by atoms with Crippen LogP contribution in [0.4, 0.5) is 14.5 Å². The van der Waals surface area contributed by atoms with Crippen LogP contribution in [0.2, 0.25) is 0 Å². The first-order valence-electron chi connectivity index (χ1n) is 13.2. The molecule has 3 aromatic heterocycles. The molecule has 0 saturated carbocycles. The van der Waals surface area contributed by atoms with Crippen LogP contribution in [-0.4, -0.2) is 56.7 Å². The summed E-state index contributed by atoms with van der Waals surface area (Å²) in [4.78, 5) is 25.4. The van der Waals surface area contributed by atoms with Crippen molar-refractivity contribution in [2.75, 3.05) is 31.8 Å². The molecule has 0 spiro atoms. The van der Waals surface area contributed by atoms with Gasteiger partial charge in [-0.1, -0.05) is 12.1 Å². The van der Waals surface area contributed by atoms with Crippen molar-refractivity contribution in [2.24, 2.45) is 0 Å². The highest BCUT2D eigenvalue weighted by molar-refractivity contribution is 7.92. The van der Waals surface area contributed by atoms with E-state index in [9.17, 15) is 22.0 Å². The smallest absolute Gasteiger partial charge is 0.255 e. The van der Waals surface area contributed by atoms with Gasteiger partial charge in [-0.3, -0.25) is 9.10 Å². The Hall–Kier alpha value is -5.30. The van der Waals surface area contributed by atoms with Gasteiger partial charge in [0.1, 0.15) is 28.7 Å². The molecule has 0 aliphatic rings. The molecule has 1 amide bonds. The maximum atomic E-state index is 14.5. The van der Waals surface area contributed by atoms with Gasteiger partial charge in [0.25, 0.3) is 5.91 Å². The Bertz CT molecular complexity index is 2190. The van der Waals surface area contributed by atoms with Crippen LogP contribution in [0.1, 0.15) is 10.4 Å². The molecule has 224 valence electrons. The molecule has 2 N–H and O–H groups in total. The van der Waals surface area contributed by atoms with Gasteiger partial charge in [-0.2, -0.15) is 0 Å². The van der Waals surface area contributed by atoms with Gasteiger partial charge in [-0.25, -0.2) is 27.2 Å². The van der Waals surface area contributed by atoms with E-state index in [2.05, 4.69) is 15.3 Å². The number of methoxy groups -OCH3 is 1. The predicted molar refractivity (Wildman–Crippen MR) is 163 cm³/mol. The van der Waals surface area contributed by atoms with E-state index < -0.39 is 27.6 Å². The van der Waals surface area contributed by atoms with Crippen LogP contribution in [0.3, 0.4) is 0 Å². The quantitative estimate of drug-likeness (QED) is 0.233. The van der Waals surface area contributed by atoms with Crippen LogP contribution in [-0.2, 0) is 10.0 Å². The van der Waals surface area contributed by atoms with Crippen molar-refractivity contribution in [3.63, 3.8) is 0 Å². The number of carbonyl (C=O) groups is 1. The highest BCUT2D eigenvalue weighted by Gasteiger charge is 2.27. The van der Waals surface area contributed by atoms with E-state index in [4.69, 9.17) is 14.1 Å². The molecule has 6 rings (SSSR count). The number of nitrogens with zero attached hydrogens (tertiary/aromatic N) is 3. The third-order valence-corrected chi connectivity index (χ3v) is 8.46. The van der Waals surface area contributed by atoms with Crippen molar-refractivity contribution in [1.29, 1.82) is 0 Å². The predicted octanol–water partition coefficient (Wildman–Crippen LogP) is 5.75. The number of anilines is 1. The Labute approximate surface area is 250 Å². The number of ether oxygens (including phenoxy) is 1. The summed E-state index contributed by atoms with van der Waals surface area (Å²) < 4.78 is 66.3. The monoisotopic (exact) mass is 617 g/mol. The molecule has 3 aromatic carbocycles. The molecule has 3 heterocycles. The zero-order valence-electron chi connectivity index (χ0n) is 23.9. The lowest BCUT2D eigenvalue weighted by Crippen LogP contribution is -2.25. The fourth-order valence-corrected chi connectivity index (χ4v) is 5.52. The molecule has 44 heavy (non-hydrogen) atoms. The second-order valence-electron chi connectivity index (χ2n) is 9.99. The summed E-state index contributed by atoms with van der Waals surface area (Å²) in [6, 6.07) is 14.9. The second-order valence-corrected chi connectivity index (χ2v) is 12.0. The minimum atomic E-state index is -3.78. The molecular formula is C31H25F2N5O5S. The minimum absolute atomic E-state index is 0.146. The first-order chi connectivity index (χ1) is 21.0. The maximum absolute atomic E-state index is 14.5. The summed E-state index contributed by atoms with van der Waals surface area (Å²) >= 11 is 0. The molecule has 0 bridgehead atoms. The standard InChI is InChI=1S/C31H25F2N5O5S/c1-34-30(39)26-20-13-19(23-15-35-31(42-3)28(37-23)22-12-17-6-5-7-21(33)27(17)36-22)24(38(2)44(4,40)41)14-25(20)43-29(26)16-8-10-18(32)11-9-16/h5-15,36H,1-4H3,(H,34,39). The number of fused-ring (bicyclic) bond motifs is 2. The first-order valence-corrected chi connectivity index (χ1v) is 15.1. The fourth-order valence-electron chi connectivity index (χ4n) is 5.01. The normalized spacial score (nSPS) is 11.7. The van der Waals surface area contributed by atoms with Gasteiger partial charge in [0.05, 0.1) is 47.7 Å². The Morgan fingerprint density at radius 1 is 1.09 bits per heavy atom. The Kier molecular flexibility index (Phi) is 7.04. The van der Waals surface area contributed by atoms with Gasteiger partial charge in [-0.05, 0) is 42.5 Å². The Balaban J connectivity index is 1.64. The summed E-state index contributed by atoms with van der Waals surface area (Å²) in [5.74, 6) is -1.06. The number of aromatic nitrogens is 3.